The van der Waals surface area contributed by atoms with Gasteiger partial charge in [-0.2, -0.15) is 0 Å². The Kier molecular flexibility index (Phi) is 17.8. The Morgan fingerprint density at radius 2 is 0.774 bits per heavy atom. The normalized spacial score (nSPS) is 13.2. The average Bonchev–Trinajstić information content (AvgIpc) is 2.72. The number of nitrogens with two attached hydrogens (primary N) is 2. The van der Waals surface area contributed by atoms with E-state index in [0.29, 0.717) is 77.7 Å². The first kappa shape index (κ1) is 31.3. The molecule has 0 saturated carbocycles. The highest BCUT2D eigenvalue weighted by Crippen LogP contribution is 2.30. The molecule has 13 heteroatoms. The molecular weight excluding hydrogens is 456 g/mol. The van der Waals surface area contributed by atoms with E-state index in [1.165, 1.54) is 0 Å². The van der Waals surface area contributed by atoms with E-state index in [4.69, 9.17) is 46.3 Å². The van der Waals surface area contributed by atoms with Gasteiger partial charge < -0.3 is 46.3 Å². The molecule has 0 spiro atoms. The average molecular weight is 503 g/mol. The molecule has 0 rings (SSSR count). The van der Waals surface area contributed by atoms with Gasteiger partial charge in [-0.1, -0.05) is 0 Å². The zero-order valence-electron chi connectivity index (χ0n) is 20.4. The van der Waals surface area contributed by atoms with Crippen LogP contribution in [0.1, 0.15) is 54.4 Å². The quantitative estimate of drug-likeness (QED) is 0.213. The largest absolute Gasteiger partial charge is 0.664 e. The molecule has 0 bridgehead atoms. The van der Waals surface area contributed by atoms with E-state index in [0.717, 1.165) is 0 Å². The van der Waals surface area contributed by atoms with E-state index >= 15 is 0 Å². The van der Waals surface area contributed by atoms with Gasteiger partial charge in [-0.3, -0.25) is 0 Å². The van der Waals surface area contributed by atoms with Crippen molar-refractivity contribution in [3.8, 4) is 0 Å². The molecule has 0 aliphatic carbocycles. The molecule has 0 aliphatic rings. The van der Waals surface area contributed by atoms with Gasteiger partial charge in [0.2, 0.25) is 0 Å². The summed E-state index contributed by atoms with van der Waals surface area (Å²) in [6.45, 7) is 14.7. The maximum absolute atomic E-state index is 6.57. The van der Waals surface area contributed by atoms with Crippen LogP contribution in [0.3, 0.4) is 0 Å². The summed E-state index contributed by atoms with van der Waals surface area (Å²) in [4.78, 5) is 0. The third-order valence-electron chi connectivity index (χ3n) is 4.03. The Morgan fingerprint density at radius 3 is 1.00 bits per heavy atom. The number of hydrogen-bond acceptors (Lipinski definition) is 10. The molecule has 10 nitrogen and oxygen atoms in total. The van der Waals surface area contributed by atoms with Gasteiger partial charge in [-0.15, -0.1) is 0 Å². The molecule has 0 saturated heterocycles. The fourth-order valence-electron chi connectivity index (χ4n) is 3.02. The SMILES string of the molecule is CCO[Si](CCCN)(OCC)O[Si](OCC)(OCC)O[Si](CCCN)(OCC)OCC. The Morgan fingerprint density at radius 1 is 0.484 bits per heavy atom. The fraction of sp³-hybridized carbons (Fsp3) is 1.00. The first-order valence-electron chi connectivity index (χ1n) is 11.5. The molecule has 0 aromatic heterocycles. The highest BCUT2D eigenvalue weighted by molar-refractivity contribution is 6.78. The topological polar surface area (TPSA) is 126 Å². The molecule has 0 unspecified atom stereocenters. The minimum atomic E-state index is -3.77. The lowest BCUT2D eigenvalue weighted by Gasteiger charge is -2.40. The summed E-state index contributed by atoms with van der Waals surface area (Å²) in [6.07, 6.45) is 1.36. The van der Waals surface area contributed by atoms with E-state index in [1.807, 2.05) is 41.5 Å². The van der Waals surface area contributed by atoms with Crippen molar-refractivity contribution in [3.05, 3.63) is 0 Å². The van der Waals surface area contributed by atoms with Crippen LogP contribution in [0, 0.1) is 0 Å². The van der Waals surface area contributed by atoms with Crippen LogP contribution in [-0.4, -0.2) is 79.4 Å². The predicted octanol–water partition coefficient (Wildman–Crippen LogP) is 2.25. The molecule has 31 heavy (non-hydrogen) atoms. The minimum absolute atomic E-state index is 0.325. The zero-order chi connectivity index (χ0) is 23.6. The third kappa shape index (κ3) is 11.3. The maximum atomic E-state index is 6.57. The van der Waals surface area contributed by atoms with Crippen molar-refractivity contribution in [2.75, 3.05) is 52.7 Å². The summed E-state index contributed by atoms with van der Waals surface area (Å²) in [5.74, 6) is 0. The Bertz CT molecular complexity index is 391. The molecule has 0 radical (unpaired) electrons. The summed E-state index contributed by atoms with van der Waals surface area (Å²) in [7, 11) is -10.2. The van der Waals surface area contributed by atoms with Crippen molar-refractivity contribution >= 4 is 26.7 Å². The second-order valence-electron chi connectivity index (χ2n) is 6.45. The van der Waals surface area contributed by atoms with E-state index < -0.39 is 26.7 Å². The first-order chi connectivity index (χ1) is 14.9. The molecule has 4 N–H and O–H groups in total. The molecule has 0 atom stereocenters. The molecule has 0 amide bonds. The lowest BCUT2D eigenvalue weighted by Crippen LogP contribution is -2.66. The van der Waals surface area contributed by atoms with Crippen molar-refractivity contribution < 1.29 is 34.8 Å². The second-order valence-corrected chi connectivity index (χ2v) is 14.5. The van der Waals surface area contributed by atoms with Crippen LogP contribution in [0.15, 0.2) is 0 Å². The van der Waals surface area contributed by atoms with Crippen LogP contribution in [0.4, 0.5) is 0 Å². The van der Waals surface area contributed by atoms with E-state index in [9.17, 15) is 0 Å². The summed E-state index contributed by atoms with van der Waals surface area (Å²) in [5, 5.41) is 0. The fourth-order valence-corrected chi connectivity index (χ4v) is 13.9. The molecule has 188 valence electrons. The lowest BCUT2D eigenvalue weighted by molar-refractivity contribution is -0.0204. The van der Waals surface area contributed by atoms with Gasteiger partial charge in [0.1, 0.15) is 0 Å². The van der Waals surface area contributed by atoms with Gasteiger partial charge in [0.15, 0.2) is 0 Å². The highest BCUT2D eigenvalue weighted by atomic mass is 28.5. The van der Waals surface area contributed by atoms with Crippen molar-refractivity contribution in [2.24, 2.45) is 11.5 Å². The zero-order valence-corrected chi connectivity index (χ0v) is 23.4. The van der Waals surface area contributed by atoms with E-state index in [1.54, 1.807) is 0 Å². The Labute approximate surface area is 192 Å². The van der Waals surface area contributed by atoms with Crippen LogP contribution in [0.25, 0.3) is 0 Å². The molecule has 0 aromatic rings. The summed E-state index contributed by atoms with van der Waals surface area (Å²) >= 11 is 0. The van der Waals surface area contributed by atoms with Gasteiger partial charge in [-0.05, 0) is 67.5 Å². The van der Waals surface area contributed by atoms with E-state index in [-0.39, 0.29) is 0 Å². The molecular formula is C18H46N2O8Si3. The smallest absolute Gasteiger partial charge is 0.374 e. The van der Waals surface area contributed by atoms with Crippen LogP contribution in [-0.2, 0) is 34.8 Å². The Hall–Kier alpha value is 0.251. The van der Waals surface area contributed by atoms with Crippen molar-refractivity contribution in [1.82, 2.24) is 0 Å². The standard InChI is InChI=1S/C18H46N2O8Si3/c1-7-21-29(22-8-2,17-13-15-19)27-31(25-11-5,26-12-6)28-30(23-9-3,24-10-4)18-14-16-20/h7-20H2,1-6H3. The van der Waals surface area contributed by atoms with Crippen molar-refractivity contribution in [2.45, 2.75) is 66.5 Å². The molecule has 0 aliphatic heterocycles. The summed E-state index contributed by atoms with van der Waals surface area (Å²) in [6, 6.07) is 1.06. The molecule has 0 aromatic carbocycles. The van der Waals surface area contributed by atoms with Crippen LogP contribution in [0.2, 0.25) is 12.1 Å². The second kappa shape index (κ2) is 17.7. The Balaban J connectivity index is 6.24. The maximum Gasteiger partial charge on any atom is 0.664 e. The van der Waals surface area contributed by atoms with Crippen molar-refractivity contribution in [3.63, 3.8) is 0 Å². The predicted molar refractivity (Wildman–Crippen MR) is 126 cm³/mol. The van der Waals surface area contributed by atoms with E-state index in [2.05, 4.69) is 0 Å². The number of rotatable bonds is 22. The third-order valence-corrected chi connectivity index (χ3v) is 14.7. The lowest BCUT2D eigenvalue weighted by atomic mass is 10.5. The summed E-state index contributed by atoms with van der Waals surface area (Å²) < 4.78 is 49.6. The molecule has 0 fully saturated rings. The van der Waals surface area contributed by atoms with Crippen molar-refractivity contribution in [1.29, 1.82) is 0 Å². The minimum Gasteiger partial charge on any atom is -0.374 e. The van der Waals surface area contributed by atoms with Crippen LogP contribution in [0.5, 0.6) is 0 Å². The van der Waals surface area contributed by atoms with Gasteiger partial charge >= 0.3 is 26.7 Å². The first-order valence-corrected chi connectivity index (χ1v) is 17.0. The van der Waals surface area contributed by atoms with Crippen LogP contribution >= 0.6 is 0 Å². The summed E-state index contributed by atoms with van der Waals surface area (Å²) in [5.41, 5.74) is 11.5. The van der Waals surface area contributed by atoms with Gasteiger partial charge in [0.05, 0.1) is 0 Å². The number of hydrogen-bond donors (Lipinski definition) is 2. The monoisotopic (exact) mass is 502 g/mol. The highest BCUT2D eigenvalue weighted by Gasteiger charge is 2.61. The van der Waals surface area contributed by atoms with Gasteiger partial charge in [-0.25, -0.2) is 0 Å². The molecule has 0 heterocycles. The van der Waals surface area contributed by atoms with Gasteiger partial charge in [0, 0.05) is 51.7 Å². The van der Waals surface area contributed by atoms with Gasteiger partial charge in [0.25, 0.3) is 0 Å². The van der Waals surface area contributed by atoms with Crippen LogP contribution < -0.4 is 11.5 Å².